The molecule has 0 spiro atoms. The molecule has 0 fully saturated rings. The number of primary amides is 1. The summed E-state index contributed by atoms with van der Waals surface area (Å²) in [5.41, 5.74) is 6.83. The second kappa shape index (κ2) is 7.12. The molecule has 0 radical (unpaired) electrons. The molecule has 0 heterocycles. The van der Waals surface area contributed by atoms with Crippen molar-refractivity contribution in [3.63, 3.8) is 0 Å². The van der Waals surface area contributed by atoms with Crippen LogP contribution in [-0.2, 0) is 6.54 Å². The minimum Gasteiger partial charge on any atom is -0.497 e. The van der Waals surface area contributed by atoms with Gasteiger partial charge in [0.25, 0.3) is 5.91 Å². The molecule has 0 unspecified atom stereocenters. The predicted octanol–water partition coefficient (Wildman–Crippen LogP) is 2.12. The Kier molecular flexibility index (Phi) is 4.98. The fourth-order valence-corrected chi connectivity index (χ4v) is 1.90. The van der Waals surface area contributed by atoms with E-state index < -0.39 is 11.9 Å². The van der Waals surface area contributed by atoms with Gasteiger partial charge in [-0.15, -0.1) is 0 Å². The highest BCUT2D eigenvalue weighted by Gasteiger charge is 2.09. The van der Waals surface area contributed by atoms with Gasteiger partial charge in [-0.2, -0.15) is 0 Å². The summed E-state index contributed by atoms with van der Waals surface area (Å²) in [5, 5.41) is 5.32. The number of amides is 3. The van der Waals surface area contributed by atoms with E-state index in [9.17, 15) is 9.59 Å². The summed E-state index contributed by atoms with van der Waals surface area (Å²) in [5.74, 6) is 0.162. The molecular formula is C16H17N3O3. The standard InChI is InChI=1S/C16H17N3O3/c1-22-12-8-6-11(7-9-12)10-18-16(21)19-14-5-3-2-4-13(14)15(17)20/h2-9H,10H2,1H3,(H2,17,20)(H2,18,19,21). The monoisotopic (exact) mass is 299 g/mol. The van der Waals surface area contributed by atoms with Crippen LogP contribution in [0.15, 0.2) is 48.5 Å². The number of carbonyl (C=O) groups is 2. The first-order valence-corrected chi connectivity index (χ1v) is 6.67. The lowest BCUT2D eigenvalue weighted by Gasteiger charge is -2.10. The van der Waals surface area contributed by atoms with Crippen molar-refractivity contribution in [3.8, 4) is 5.75 Å². The lowest BCUT2D eigenvalue weighted by molar-refractivity contribution is 0.100. The number of nitrogens with two attached hydrogens (primary N) is 1. The van der Waals surface area contributed by atoms with Crippen LogP contribution in [0.5, 0.6) is 5.75 Å². The number of para-hydroxylation sites is 1. The summed E-state index contributed by atoms with van der Waals surface area (Å²) in [6, 6.07) is 13.5. The van der Waals surface area contributed by atoms with Gasteiger partial charge in [-0.25, -0.2) is 4.79 Å². The fourth-order valence-electron chi connectivity index (χ4n) is 1.90. The molecule has 4 N–H and O–H groups in total. The summed E-state index contributed by atoms with van der Waals surface area (Å²) in [6.07, 6.45) is 0. The van der Waals surface area contributed by atoms with E-state index in [-0.39, 0.29) is 5.56 Å². The fraction of sp³-hybridized carbons (Fsp3) is 0.125. The minimum absolute atomic E-state index is 0.266. The second-order valence-corrected chi connectivity index (χ2v) is 4.57. The molecule has 0 aliphatic rings. The quantitative estimate of drug-likeness (QED) is 0.789. The van der Waals surface area contributed by atoms with E-state index in [0.717, 1.165) is 11.3 Å². The molecular weight excluding hydrogens is 282 g/mol. The van der Waals surface area contributed by atoms with Gasteiger partial charge in [0.15, 0.2) is 0 Å². The number of nitrogens with one attached hydrogen (secondary N) is 2. The van der Waals surface area contributed by atoms with Crippen LogP contribution in [0, 0.1) is 0 Å². The first kappa shape index (κ1) is 15.4. The molecule has 3 amide bonds. The van der Waals surface area contributed by atoms with Crippen molar-refractivity contribution >= 4 is 17.6 Å². The number of ether oxygens (including phenoxy) is 1. The zero-order valence-corrected chi connectivity index (χ0v) is 12.1. The third-order valence-corrected chi connectivity index (χ3v) is 3.05. The van der Waals surface area contributed by atoms with Crippen molar-refractivity contribution < 1.29 is 14.3 Å². The van der Waals surface area contributed by atoms with E-state index in [1.165, 1.54) is 0 Å². The van der Waals surface area contributed by atoms with Crippen LogP contribution in [0.1, 0.15) is 15.9 Å². The lowest BCUT2D eigenvalue weighted by Crippen LogP contribution is -2.29. The molecule has 6 nitrogen and oxygen atoms in total. The van der Waals surface area contributed by atoms with Crippen LogP contribution in [0.4, 0.5) is 10.5 Å². The van der Waals surface area contributed by atoms with Crippen LogP contribution < -0.4 is 21.1 Å². The van der Waals surface area contributed by atoms with Crippen molar-refractivity contribution in [3.05, 3.63) is 59.7 Å². The summed E-state index contributed by atoms with van der Waals surface area (Å²) >= 11 is 0. The average Bonchev–Trinajstić information content (AvgIpc) is 2.53. The van der Waals surface area contributed by atoms with Crippen LogP contribution in [-0.4, -0.2) is 19.0 Å². The molecule has 2 aromatic rings. The maximum atomic E-state index is 11.9. The summed E-state index contributed by atoms with van der Waals surface area (Å²) in [4.78, 5) is 23.2. The number of rotatable bonds is 5. The number of benzene rings is 2. The van der Waals surface area contributed by atoms with Gasteiger partial charge in [0, 0.05) is 6.54 Å². The first-order valence-electron chi connectivity index (χ1n) is 6.67. The van der Waals surface area contributed by atoms with E-state index >= 15 is 0 Å². The number of urea groups is 1. The van der Waals surface area contributed by atoms with Crippen molar-refractivity contribution in [2.24, 2.45) is 5.73 Å². The van der Waals surface area contributed by atoms with Gasteiger partial charge >= 0.3 is 6.03 Å². The Morgan fingerprint density at radius 2 is 1.77 bits per heavy atom. The summed E-state index contributed by atoms with van der Waals surface area (Å²) in [7, 11) is 1.59. The highest BCUT2D eigenvalue weighted by Crippen LogP contribution is 2.14. The van der Waals surface area contributed by atoms with Gasteiger partial charge in [-0.05, 0) is 29.8 Å². The molecule has 0 saturated carbocycles. The smallest absolute Gasteiger partial charge is 0.319 e. The zero-order valence-electron chi connectivity index (χ0n) is 12.1. The number of hydrogen-bond acceptors (Lipinski definition) is 3. The Morgan fingerprint density at radius 3 is 2.41 bits per heavy atom. The van der Waals surface area contributed by atoms with Gasteiger partial charge in [-0.3, -0.25) is 4.79 Å². The van der Waals surface area contributed by atoms with Crippen molar-refractivity contribution in [2.75, 3.05) is 12.4 Å². The molecule has 0 aliphatic heterocycles. The largest absolute Gasteiger partial charge is 0.497 e. The maximum Gasteiger partial charge on any atom is 0.319 e. The molecule has 2 aromatic carbocycles. The molecule has 22 heavy (non-hydrogen) atoms. The van der Waals surface area contributed by atoms with Gasteiger partial charge in [0.05, 0.1) is 18.4 Å². The molecule has 0 saturated heterocycles. The predicted molar refractivity (Wildman–Crippen MR) is 83.8 cm³/mol. The Hall–Kier alpha value is -3.02. The van der Waals surface area contributed by atoms with Crippen molar-refractivity contribution in [1.82, 2.24) is 5.32 Å². The van der Waals surface area contributed by atoms with E-state index in [0.29, 0.717) is 12.2 Å². The molecule has 0 bridgehead atoms. The molecule has 0 atom stereocenters. The summed E-state index contributed by atoms with van der Waals surface area (Å²) < 4.78 is 5.07. The first-order chi connectivity index (χ1) is 10.6. The van der Waals surface area contributed by atoms with Gasteiger partial charge in [0.2, 0.25) is 0 Å². The van der Waals surface area contributed by atoms with E-state index in [1.54, 1.807) is 31.4 Å². The maximum absolute atomic E-state index is 11.9. The SMILES string of the molecule is COc1ccc(CNC(=O)Nc2ccccc2C(N)=O)cc1. The van der Waals surface area contributed by atoms with E-state index in [1.807, 2.05) is 24.3 Å². The van der Waals surface area contributed by atoms with Crippen LogP contribution in [0.2, 0.25) is 0 Å². The van der Waals surface area contributed by atoms with Crippen LogP contribution >= 0.6 is 0 Å². The Bertz CT molecular complexity index is 669. The third kappa shape index (κ3) is 3.99. The van der Waals surface area contributed by atoms with Crippen LogP contribution in [0.3, 0.4) is 0 Å². The zero-order chi connectivity index (χ0) is 15.9. The highest BCUT2D eigenvalue weighted by atomic mass is 16.5. The minimum atomic E-state index is -0.592. The Balaban J connectivity index is 1.94. The molecule has 0 aliphatic carbocycles. The highest BCUT2D eigenvalue weighted by molar-refractivity contribution is 6.02. The van der Waals surface area contributed by atoms with E-state index in [2.05, 4.69) is 10.6 Å². The normalized spacial score (nSPS) is 9.86. The van der Waals surface area contributed by atoms with Crippen LogP contribution in [0.25, 0.3) is 0 Å². The second-order valence-electron chi connectivity index (χ2n) is 4.57. The summed E-state index contributed by atoms with van der Waals surface area (Å²) in [6.45, 7) is 0.356. The lowest BCUT2D eigenvalue weighted by atomic mass is 10.1. The number of anilines is 1. The van der Waals surface area contributed by atoms with E-state index in [4.69, 9.17) is 10.5 Å². The molecule has 2 rings (SSSR count). The van der Waals surface area contributed by atoms with Gasteiger partial charge in [0.1, 0.15) is 5.75 Å². The third-order valence-electron chi connectivity index (χ3n) is 3.05. The molecule has 114 valence electrons. The van der Waals surface area contributed by atoms with Gasteiger partial charge in [-0.1, -0.05) is 24.3 Å². The Labute approximate surface area is 128 Å². The molecule has 0 aromatic heterocycles. The van der Waals surface area contributed by atoms with Gasteiger partial charge < -0.3 is 21.1 Å². The topological polar surface area (TPSA) is 93.4 Å². The van der Waals surface area contributed by atoms with Crippen molar-refractivity contribution in [1.29, 1.82) is 0 Å². The Morgan fingerprint density at radius 1 is 1.09 bits per heavy atom. The number of hydrogen-bond donors (Lipinski definition) is 3. The number of methoxy groups -OCH3 is 1. The van der Waals surface area contributed by atoms with Crippen molar-refractivity contribution in [2.45, 2.75) is 6.54 Å². The average molecular weight is 299 g/mol. The molecule has 6 heteroatoms. The number of carbonyl (C=O) groups excluding carboxylic acids is 2.